The predicted octanol–water partition coefficient (Wildman–Crippen LogP) is 4.91. The molecule has 0 amide bonds. The van der Waals surface area contributed by atoms with E-state index in [-0.39, 0.29) is 0 Å². The minimum atomic E-state index is 0.921. The van der Waals surface area contributed by atoms with Crippen LogP contribution in [0, 0.1) is 0 Å². The molecule has 0 radical (unpaired) electrons. The van der Waals surface area contributed by atoms with Gasteiger partial charge in [0.1, 0.15) is 11.0 Å². The van der Waals surface area contributed by atoms with Gasteiger partial charge in [0.05, 0.1) is 9.40 Å². The second-order valence-electron chi connectivity index (χ2n) is 3.72. The van der Waals surface area contributed by atoms with Gasteiger partial charge in [-0.2, -0.15) is 0 Å². The van der Waals surface area contributed by atoms with Crippen LogP contribution >= 0.6 is 54.9 Å². The van der Waals surface area contributed by atoms with Gasteiger partial charge in [-0.05, 0) is 79.2 Å². The Hall–Kier alpha value is -0.960. The highest BCUT2D eigenvalue weighted by molar-refractivity contribution is 9.11. The van der Waals surface area contributed by atoms with Crippen LogP contribution in [0.5, 0.6) is 0 Å². The second kappa shape index (κ2) is 6.21. The van der Waals surface area contributed by atoms with Crippen LogP contribution in [0.3, 0.4) is 0 Å². The molecular weight excluding hydrogens is 424 g/mol. The van der Waals surface area contributed by atoms with Crippen LogP contribution in [0.15, 0.2) is 45.3 Å². The average Bonchev–Trinajstić information content (AvgIpc) is 3.12. The number of hydrogen-bond acceptors (Lipinski definition) is 6. The van der Waals surface area contributed by atoms with Crippen LogP contribution in [-0.4, -0.2) is 19.2 Å². The maximum Gasteiger partial charge on any atom is 0.121 e. The highest BCUT2D eigenvalue weighted by Gasteiger charge is 2.05. The fourth-order valence-corrected chi connectivity index (χ4v) is 3.76. The summed E-state index contributed by atoms with van der Waals surface area (Å²) in [6, 6.07) is 11.9. The van der Waals surface area contributed by atoms with Gasteiger partial charge in [0, 0.05) is 8.95 Å². The van der Waals surface area contributed by atoms with Crippen molar-refractivity contribution in [2.75, 3.05) is 0 Å². The summed E-state index contributed by atoms with van der Waals surface area (Å²) in [6.45, 7) is 0. The molecule has 100 valence electrons. The van der Waals surface area contributed by atoms with Gasteiger partial charge >= 0.3 is 0 Å². The lowest BCUT2D eigenvalue weighted by Gasteiger charge is -1.91. The Morgan fingerprint density at radius 3 is 2.35 bits per heavy atom. The Morgan fingerprint density at radius 1 is 0.800 bits per heavy atom. The third-order valence-corrected chi connectivity index (χ3v) is 5.49. The molecule has 2 aromatic carbocycles. The van der Waals surface area contributed by atoms with Crippen molar-refractivity contribution in [1.82, 2.24) is 19.2 Å². The maximum atomic E-state index is 3.97. The van der Waals surface area contributed by atoms with Crippen LogP contribution < -0.4 is 0 Å². The van der Waals surface area contributed by atoms with E-state index in [0.717, 1.165) is 29.4 Å². The molecule has 0 saturated carbocycles. The first kappa shape index (κ1) is 14.0. The largest absolute Gasteiger partial charge is 0.138 e. The molecule has 0 N–H and O–H groups in total. The molecule has 0 spiro atoms. The smallest absolute Gasteiger partial charge is 0.121 e. The number of hydrogen-bond donors (Lipinski definition) is 0. The van der Waals surface area contributed by atoms with E-state index in [1.807, 2.05) is 36.4 Å². The van der Waals surface area contributed by atoms with Gasteiger partial charge < -0.3 is 0 Å². The van der Waals surface area contributed by atoms with Gasteiger partial charge in [0.25, 0.3) is 0 Å². The number of fused-ring (bicyclic) bond motifs is 2. The van der Waals surface area contributed by atoms with E-state index in [2.05, 4.69) is 51.0 Å². The molecule has 0 fully saturated rings. The van der Waals surface area contributed by atoms with E-state index < -0.39 is 0 Å². The van der Waals surface area contributed by atoms with Gasteiger partial charge in [0.2, 0.25) is 0 Å². The minimum Gasteiger partial charge on any atom is -0.138 e. The summed E-state index contributed by atoms with van der Waals surface area (Å²) in [7, 11) is 0. The van der Waals surface area contributed by atoms with Crippen LogP contribution in [0.1, 0.15) is 0 Å². The molecule has 4 aromatic rings. The lowest BCUT2D eigenvalue weighted by atomic mass is 10.3. The van der Waals surface area contributed by atoms with Crippen molar-refractivity contribution in [2.45, 2.75) is 0 Å². The van der Waals surface area contributed by atoms with Gasteiger partial charge in [-0.1, -0.05) is 21.1 Å². The monoisotopic (exact) mass is 428 g/mol. The Labute approximate surface area is 139 Å². The van der Waals surface area contributed by atoms with E-state index in [9.17, 15) is 0 Å². The Bertz CT molecular complexity index is 793. The molecule has 0 bridgehead atoms. The Kier molecular flexibility index (Phi) is 4.35. The van der Waals surface area contributed by atoms with E-state index >= 15 is 0 Å². The van der Waals surface area contributed by atoms with Crippen LogP contribution in [-0.2, 0) is 0 Å². The fourth-order valence-electron chi connectivity index (χ4n) is 1.53. The van der Waals surface area contributed by atoms with Crippen molar-refractivity contribution in [2.24, 2.45) is 0 Å². The summed E-state index contributed by atoms with van der Waals surface area (Å²) < 4.78 is 11.9. The van der Waals surface area contributed by atoms with Crippen LogP contribution in [0.4, 0.5) is 0 Å². The van der Waals surface area contributed by atoms with Crippen molar-refractivity contribution in [3.63, 3.8) is 0 Å². The zero-order valence-corrected chi connectivity index (χ0v) is 14.6. The van der Waals surface area contributed by atoms with Gasteiger partial charge in [-0.25, -0.2) is 0 Å². The van der Waals surface area contributed by atoms with Crippen molar-refractivity contribution < 1.29 is 0 Å². The maximum absolute atomic E-state index is 3.97. The van der Waals surface area contributed by atoms with E-state index in [1.54, 1.807) is 0 Å². The lowest BCUT2D eigenvalue weighted by molar-refractivity contribution is 1.19. The first-order valence-electron chi connectivity index (χ1n) is 5.49. The number of rotatable bonds is 0. The minimum absolute atomic E-state index is 0.921. The molecule has 20 heavy (non-hydrogen) atoms. The predicted molar refractivity (Wildman–Crippen MR) is 90.2 cm³/mol. The summed E-state index contributed by atoms with van der Waals surface area (Å²) in [5.74, 6) is 0. The molecule has 0 saturated heterocycles. The molecule has 4 rings (SSSR count). The third kappa shape index (κ3) is 2.88. The van der Waals surface area contributed by atoms with Crippen molar-refractivity contribution in [3.8, 4) is 0 Å². The topological polar surface area (TPSA) is 51.6 Å². The number of benzene rings is 2. The normalized spacial score (nSPS) is 10.5. The van der Waals surface area contributed by atoms with Gasteiger partial charge in [0.15, 0.2) is 0 Å². The number of nitrogens with zero attached hydrogens (tertiary/aromatic N) is 4. The van der Waals surface area contributed by atoms with Gasteiger partial charge in [-0.15, -0.1) is 10.2 Å². The van der Waals surface area contributed by atoms with Crippen molar-refractivity contribution in [1.29, 1.82) is 0 Å². The molecule has 0 aliphatic rings. The van der Waals surface area contributed by atoms with Crippen LogP contribution in [0.25, 0.3) is 20.4 Å². The van der Waals surface area contributed by atoms with Crippen molar-refractivity contribution >= 4 is 75.4 Å². The zero-order valence-electron chi connectivity index (χ0n) is 9.83. The molecule has 0 atom stereocenters. The molecule has 2 aromatic heterocycles. The zero-order chi connectivity index (χ0) is 13.9. The SMILES string of the molecule is Brc1ccc(Br)c2snnc12.c1ccc2snnc2c1. The molecule has 2 heterocycles. The van der Waals surface area contributed by atoms with E-state index in [1.165, 1.54) is 23.1 Å². The molecule has 0 unspecified atom stereocenters. The van der Waals surface area contributed by atoms with Crippen molar-refractivity contribution in [3.05, 3.63) is 45.3 Å². The second-order valence-corrected chi connectivity index (χ2v) is 6.97. The van der Waals surface area contributed by atoms with Gasteiger partial charge in [-0.3, -0.25) is 0 Å². The summed E-state index contributed by atoms with van der Waals surface area (Å²) in [6.07, 6.45) is 0. The summed E-state index contributed by atoms with van der Waals surface area (Å²) in [5.41, 5.74) is 1.91. The Balaban J connectivity index is 0.000000123. The summed E-state index contributed by atoms with van der Waals surface area (Å²) in [4.78, 5) is 0. The summed E-state index contributed by atoms with van der Waals surface area (Å²) >= 11 is 9.63. The molecule has 0 aliphatic heterocycles. The number of aromatic nitrogens is 4. The quantitative estimate of drug-likeness (QED) is 0.398. The molecule has 0 aliphatic carbocycles. The molecule has 8 heteroatoms. The Morgan fingerprint density at radius 2 is 1.55 bits per heavy atom. The first-order chi connectivity index (χ1) is 9.75. The highest BCUT2D eigenvalue weighted by Crippen LogP contribution is 2.30. The first-order valence-corrected chi connectivity index (χ1v) is 8.62. The number of halogens is 2. The fraction of sp³-hybridized carbons (Fsp3) is 0. The average molecular weight is 430 g/mol. The lowest BCUT2D eigenvalue weighted by Crippen LogP contribution is -1.71. The van der Waals surface area contributed by atoms with E-state index in [4.69, 9.17) is 0 Å². The molecular formula is C12H6Br2N4S2. The summed E-state index contributed by atoms with van der Waals surface area (Å²) in [5, 5.41) is 7.86. The third-order valence-electron chi connectivity index (χ3n) is 2.46. The van der Waals surface area contributed by atoms with E-state index in [0.29, 0.717) is 0 Å². The standard InChI is InChI=1S/C6H2Br2N2S.C6H4N2S/c7-3-1-2-4(8)6-5(3)9-10-11-6;1-2-4-6-5(3-1)7-8-9-6/h1-2H;1-4H. The highest BCUT2D eigenvalue weighted by atomic mass is 79.9. The molecule has 4 nitrogen and oxygen atoms in total. The van der Waals surface area contributed by atoms with Crippen LogP contribution in [0.2, 0.25) is 0 Å².